The first-order valence-corrected chi connectivity index (χ1v) is 11.3. The fourth-order valence-electron chi connectivity index (χ4n) is 3.63. The highest BCUT2D eigenvalue weighted by Crippen LogP contribution is 2.45. The Morgan fingerprint density at radius 3 is 1.79 bits per heavy atom. The number of carbonyl (C=O) groups is 2. The van der Waals surface area contributed by atoms with Crippen molar-refractivity contribution >= 4 is 28.8 Å². The molecule has 0 spiro atoms. The number of ether oxygens (including phenoxy) is 3. The minimum absolute atomic E-state index is 0.00676. The van der Waals surface area contributed by atoms with Gasteiger partial charge in [-0.15, -0.1) is 0 Å². The van der Waals surface area contributed by atoms with Gasteiger partial charge in [0.05, 0.1) is 0 Å². The van der Waals surface area contributed by atoms with E-state index in [1.807, 2.05) is 36.4 Å². The standard InChI is InChI=1S/C26H32N2O5/c1-4-5-12-32-16-25(29)27-19-7-9-21-22-10-8-20(15-24(22)18(2)23(21)14-19)28-26(30)17-33-13-6-11-31-3/h7-10,14-15H,2,4-6,11-13,16-17H2,1,3H3,(H,27,29)(H,28,30). The molecule has 0 aliphatic heterocycles. The summed E-state index contributed by atoms with van der Waals surface area (Å²) in [5.41, 5.74) is 6.24. The first kappa shape index (κ1) is 24.6. The lowest BCUT2D eigenvalue weighted by Crippen LogP contribution is -2.19. The molecule has 2 aromatic rings. The molecule has 0 saturated heterocycles. The van der Waals surface area contributed by atoms with Gasteiger partial charge in [-0.2, -0.15) is 0 Å². The molecule has 1 aliphatic carbocycles. The summed E-state index contributed by atoms with van der Waals surface area (Å²) in [6.07, 6.45) is 2.71. The number of amides is 2. The van der Waals surface area contributed by atoms with Gasteiger partial charge in [0.25, 0.3) is 0 Å². The van der Waals surface area contributed by atoms with Gasteiger partial charge >= 0.3 is 0 Å². The summed E-state index contributed by atoms with van der Waals surface area (Å²) in [6, 6.07) is 11.5. The van der Waals surface area contributed by atoms with Crippen molar-refractivity contribution in [2.75, 3.05) is 50.8 Å². The van der Waals surface area contributed by atoms with Crippen LogP contribution in [0.4, 0.5) is 11.4 Å². The summed E-state index contributed by atoms with van der Waals surface area (Å²) in [5.74, 6) is -0.388. The quantitative estimate of drug-likeness (QED) is 0.374. The Kier molecular flexibility index (Phi) is 9.18. The fraction of sp³-hybridized carbons (Fsp3) is 0.385. The van der Waals surface area contributed by atoms with Crippen molar-refractivity contribution in [3.63, 3.8) is 0 Å². The van der Waals surface area contributed by atoms with Crippen LogP contribution in [-0.4, -0.2) is 52.0 Å². The van der Waals surface area contributed by atoms with Crippen molar-refractivity contribution in [1.82, 2.24) is 0 Å². The number of methoxy groups -OCH3 is 1. The molecule has 3 rings (SSSR count). The van der Waals surface area contributed by atoms with E-state index < -0.39 is 0 Å². The third-order valence-electron chi connectivity index (χ3n) is 5.29. The van der Waals surface area contributed by atoms with Crippen LogP contribution >= 0.6 is 0 Å². The largest absolute Gasteiger partial charge is 0.385 e. The van der Waals surface area contributed by atoms with Gasteiger partial charge in [0.1, 0.15) is 13.2 Å². The van der Waals surface area contributed by atoms with E-state index in [1.54, 1.807) is 7.11 Å². The summed E-state index contributed by atoms with van der Waals surface area (Å²) >= 11 is 0. The molecule has 33 heavy (non-hydrogen) atoms. The fourth-order valence-corrected chi connectivity index (χ4v) is 3.63. The maximum Gasteiger partial charge on any atom is 0.250 e. The van der Waals surface area contributed by atoms with E-state index in [-0.39, 0.29) is 25.0 Å². The SMILES string of the molecule is C=C1c2cc(NC(=O)COCCCC)ccc2-c2ccc(NC(=O)COCCCOC)cc21. The van der Waals surface area contributed by atoms with Gasteiger partial charge in [-0.05, 0) is 64.9 Å². The van der Waals surface area contributed by atoms with Gasteiger partial charge < -0.3 is 24.8 Å². The zero-order valence-electron chi connectivity index (χ0n) is 19.4. The van der Waals surface area contributed by atoms with Crippen molar-refractivity contribution in [2.24, 2.45) is 0 Å². The van der Waals surface area contributed by atoms with Crippen LogP contribution in [0.2, 0.25) is 0 Å². The van der Waals surface area contributed by atoms with Crippen LogP contribution in [0, 0.1) is 0 Å². The number of carbonyl (C=O) groups excluding carboxylic acids is 2. The molecule has 0 bridgehead atoms. The van der Waals surface area contributed by atoms with E-state index in [9.17, 15) is 9.59 Å². The lowest BCUT2D eigenvalue weighted by molar-refractivity contribution is -0.121. The summed E-state index contributed by atoms with van der Waals surface area (Å²) in [7, 11) is 1.63. The van der Waals surface area contributed by atoms with E-state index in [4.69, 9.17) is 14.2 Å². The number of rotatable bonds is 13. The van der Waals surface area contributed by atoms with Crippen molar-refractivity contribution in [3.8, 4) is 11.1 Å². The number of fused-ring (bicyclic) bond motifs is 3. The maximum absolute atomic E-state index is 12.2. The molecular weight excluding hydrogens is 420 g/mol. The summed E-state index contributed by atoms with van der Waals surface area (Å²) in [4.78, 5) is 24.3. The van der Waals surface area contributed by atoms with Crippen LogP contribution < -0.4 is 10.6 Å². The second-order valence-electron chi connectivity index (χ2n) is 7.90. The highest BCUT2D eigenvalue weighted by molar-refractivity contribution is 6.04. The molecule has 2 aromatic carbocycles. The van der Waals surface area contributed by atoms with Crippen LogP contribution in [0.25, 0.3) is 16.7 Å². The van der Waals surface area contributed by atoms with Crippen molar-refractivity contribution in [2.45, 2.75) is 26.2 Å². The second kappa shape index (κ2) is 12.3. The van der Waals surface area contributed by atoms with E-state index in [2.05, 4.69) is 24.1 Å². The van der Waals surface area contributed by atoms with Gasteiger partial charge in [0.2, 0.25) is 11.8 Å². The number of nitrogens with one attached hydrogen (secondary N) is 2. The highest BCUT2D eigenvalue weighted by atomic mass is 16.5. The van der Waals surface area contributed by atoms with Crippen LogP contribution in [0.5, 0.6) is 0 Å². The van der Waals surface area contributed by atoms with Crippen molar-refractivity contribution in [3.05, 3.63) is 54.1 Å². The lowest BCUT2D eigenvalue weighted by Gasteiger charge is -2.09. The average molecular weight is 453 g/mol. The molecule has 2 amide bonds. The average Bonchev–Trinajstić information content (AvgIpc) is 3.08. The van der Waals surface area contributed by atoms with Gasteiger partial charge in [0.15, 0.2) is 0 Å². The molecular formula is C26H32N2O5. The summed E-state index contributed by atoms with van der Waals surface area (Å²) in [6.45, 7) is 8.01. The van der Waals surface area contributed by atoms with Gasteiger partial charge in [-0.25, -0.2) is 0 Å². The third-order valence-corrected chi connectivity index (χ3v) is 5.29. The highest BCUT2D eigenvalue weighted by Gasteiger charge is 2.23. The van der Waals surface area contributed by atoms with Crippen LogP contribution in [0.15, 0.2) is 43.0 Å². The smallest absolute Gasteiger partial charge is 0.250 e. The monoisotopic (exact) mass is 452 g/mol. The molecule has 0 atom stereocenters. The molecule has 0 heterocycles. The number of unbranched alkanes of at least 4 members (excludes halogenated alkanes) is 1. The minimum atomic E-state index is -0.209. The van der Waals surface area contributed by atoms with E-state index in [0.717, 1.165) is 47.1 Å². The molecule has 0 radical (unpaired) electrons. The predicted octanol–water partition coefficient (Wildman–Crippen LogP) is 4.48. The number of hydrogen-bond acceptors (Lipinski definition) is 5. The Hall–Kier alpha value is -3.00. The number of benzene rings is 2. The molecule has 2 N–H and O–H groups in total. The molecule has 1 aliphatic rings. The van der Waals surface area contributed by atoms with Crippen molar-refractivity contribution in [1.29, 1.82) is 0 Å². The van der Waals surface area contributed by atoms with Crippen LogP contribution in [-0.2, 0) is 23.8 Å². The Bertz CT molecular complexity index is 1000. The van der Waals surface area contributed by atoms with E-state index in [1.165, 1.54) is 0 Å². The lowest BCUT2D eigenvalue weighted by atomic mass is 10.0. The van der Waals surface area contributed by atoms with Crippen LogP contribution in [0.3, 0.4) is 0 Å². The Morgan fingerprint density at radius 1 is 0.788 bits per heavy atom. The first-order valence-electron chi connectivity index (χ1n) is 11.3. The second-order valence-corrected chi connectivity index (χ2v) is 7.90. The summed E-state index contributed by atoms with van der Waals surface area (Å²) in [5, 5.41) is 5.75. The molecule has 176 valence electrons. The third kappa shape index (κ3) is 6.74. The zero-order valence-corrected chi connectivity index (χ0v) is 19.4. The van der Waals surface area contributed by atoms with E-state index in [0.29, 0.717) is 31.2 Å². The topological polar surface area (TPSA) is 85.9 Å². The van der Waals surface area contributed by atoms with Crippen molar-refractivity contribution < 1.29 is 23.8 Å². The molecule has 0 fully saturated rings. The molecule has 7 heteroatoms. The van der Waals surface area contributed by atoms with Gasteiger partial charge in [-0.1, -0.05) is 32.1 Å². The van der Waals surface area contributed by atoms with E-state index >= 15 is 0 Å². The molecule has 0 aromatic heterocycles. The maximum atomic E-state index is 12.2. The Morgan fingerprint density at radius 2 is 1.30 bits per heavy atom. The minimum Gasteiger partial charge on any atom is -0.385 e. The Balaban J connectivity index is 1.60. The predicted molar refractivity (Wildman–Crippen MR) is 130 cm³/mol. The number of anilines is 2. The molecule has 7 nitrogen and oxygen atoms in total. The van der Waals surface area contributed by atoms with Gasteiger partial charge in [0, 0.05) is 38.3 Å². The normalized spacial score (nSPS) is 11.8. The molecule has 0 saturated carbocycles. The number of hydrogen-bond donors (Lipinski definition) is 2. The van der Waals surface area contributed by atoms with Crippen LogP contribution in [0.1, 0.15) is 37.3 Å². The zero-order chi connectivity index (χ0) is 23.6. The van der Waals surface area contributed by atoms with Gasteiger partial charge in [-0.3, -0.25) is 9.59 Å². The Labute approximate surface area is 195 Å². The summed E-state index contributed by atoms with van der Waals surface area (Å²) < 4.78 is 15.7. The first-order chi connectivity index (χ1) is 16.0. The molecule has 0 unspecified atom stereocenters.